The van der Waals surface area contributed by atoms with Gasteiger partial charge >= 0.3 is 0 Å². The molecule has 0 radical (unpaired) electrons. The Morgan fingerprint density at radius 2 is 1.65 bits per heavy atom. The van der Waals surface area contributed by atoms with Crippen LogP contribution in [0.5, 0.6) is 0 Å². The topological polar surface area (TPSA) is 18.5 Å². The third kappa shape index (κ3) is 3.89. The third-order valence-corrected chi connectivity index (χ3v) is 6.99. The summed E-state index contributed by atoms with van der Waals surface area (Å²) in [5.41, 5.74) is 4.03. The number of rotatable bonds is 4. The Hall–Kier alpha value is -2.27. The second kappa shape index (κ2) is 8.34. The second-order valence-electron chi connectivity index (χ2n) is 8.31. The van der Waals surface area contributed by atoms with Crippen LogP contribution < -0.4 is 10.2 Å². The Labute approximate surface area is 192 Å². The van der Waals surface area contributed by atoms with Crippen molar-refractivity contribution in [2.24, 2.45) is 0 Å². The average molecular weight is 456 g/mol. The molecule has 3 aromatic rings. The van der Waals surface area contributed by atoms with Gasteiger partial charge in [0.25, 0.3) is 0 Å². The Morgan fingerprint density at radius 1 is 0.871 bits per heavy atom. The predicted octanol–water partition coefficient (Wildman–Crippen LogP) is 5.82. The van der Waals surface area contributed by atoms with Crippen molar-refractivity contribution in [3.63, 3.8) is 0 Å². The van der Waals surface area contributed by atoms with Crippen molar-refractivity contribution in [2.45, 2.75) is 12.0 Å². The summed E-state index contributed by atoms with van der Waals surface area (Å²) in [6, 6.07) is 21.2. The lowest BCUT2D eigenvalue weighted by molar-refractivity contribution is 0.0944. The molecule has 1 fully saturated rings. The van der Waals surface area contributed by atoms with E-state index in [9.17, 15) is 4.39 Å². The minimum absolute atomic E-state index is 0.160. The van der Waals surface area contributed by atoms with Crippen molar-refractivity contribution >= 4 is 34.6 Å². The summed E-state index contributed by atoms with van der Waals surface area (Å²) >= 11 is 12.6. The zero-order valence-electron chi connectivity index (χ0n) is 17.1. The van der Waals surface area contributed by atoms with Crippen LogP contribution in [-0.4, -0.2) is 37.6 Å². The van der Waals surface area contributed by atoms with Gasteiger partial charge in [0.1, 0.15) is 5.82 Å². The quantitative estimate of drug-likeness (QED) is 0.534. The van der Waals surface area contributed by atoms with E-state index >= 15 is 0 Å². The lowest BCUT2D eigenvalue weighted by atomic mass is 9.83. The van der Waals surface area contributed by atoms with E-state index in [1.54, 1.807) is 6.07 Å². The molecular weight excluding hydrogens is 432 g/mol. The number of nitrogens with zero attached hydrogens (tertiary/aromatic N) is 2. The number of halogens is 3. The number of hydrogen-bond acceptors (Lipinski definition) is 3. The summed E-state index contributed by atoms with van der Waals surface area (Å²) in [4.78, 5) is 4.68. The Bertz CT molecular complexity index is 1100. The number of para-hydroxylation sites is 1. The minimum atomic E-state index is -0.202. The molecule has 3 aromatic carbocycles. The van der Waals surface area contributed by atoms with Gasteiger partial charge < -0.3 is 10.2 Å². The van der Waals surface area contributed by atoms with E-state index in [1.807, 2.05) is 42.5 Å². The molecule has 0 spiro atoms. The monoisotopic (exact) mass is 455 g/mol. The number of fused-ring (bicyclic) bond motifs is 1. The summed E-state index contributed by atoms with van der Waals surface area (Å²) in [5.74, 6) is -0.160. The Kier molecular flexibility index (Phi) is 5.55. The standard InChI is InChI=1S/C25H24Cl2FN3/c26-19-5-3-4-18(14-19)16-25(17-29-23-15-20(27)8-9-21(23)25)31-12-10-30(11-13-31)24-7-2-1-6-22(24)28/h1-9,14-15,29H,10-13,16-17H2. The fraction of sp³-hybridized carbons (Fsp3) is 0.280. The Balaban J connectivity index is 1.46. The van der Waals surface area contributed by atoms with Gasteiger partial charge in [-0.15, -0.1) is 0 Å². The molecule has 3 nitrogen and oxygen atoms in total. The smallest absolute Gasteiger partial charge is 0.146 e. The molecule has 160 valence electrons. The second-order valence-corrected chi connectivity index (χ2v) is 9.18. The van der Waals surface area contributed by atoms with Gasteiger partial charge in [-0.3, -0.25) is 4.90 Å². The molecule has 1 saturated heterocycles. The molecule has 2 aliphatic heterocycles. The summed E-state index contributed by atoms with van der Waals surface area (Å²) in [7, 11) is 0. The first-order valence-electron chi connectivity index (χ1n) is 10.6. The van der Waals surface area contributed by atoms with Gasteiger partial charge in [0.05, 0.1) is 11.2 Å². The minimum Gasteiger partial charge on any atom is -0.382 e. The van der Waals surface area contributed by atoms with Gasteiger partial charge in [-0.2, -0.15) is 0 Å². The SMILES string of the molecule is Fc1ccccc1N1CCN(C2(Cc3cccc(Cl)c3)CNc3cc(Cl)ccc32)CC1. The maximum Gasteiger partial charge on any atom is 0.146 e. The molecule has 6 heteroatoms. The van der Waals surface area contributed by atoms with Gasteiger partial charge in [0.15, 0.2) is 0 Å². The largest absolute Gasteiger partial charge is 0.382 e. The van der Waals surface area contributed by atoms with Crippen LogP contribution in [0.1, 0.15) is 11.1 Å². The fourth-order valence-electron chi connectivity index (χ4n) is 5.03. The van der Waals surface area contributed by atoms with E-state index in [0.717, 1.165) is 54.9 Å². The first-order valence-corrected chi connectivity index (χ1v) is 11.3. The summed E-state index contributed by atoms with van der Waals surface area (Å²) < 4.78 is 14.3. The van der Waals surface area contributed by atoms with E-state index in [2.05, 4.69) is 27.2 Å². The molecule has 1 unspecified atom stereocenters. The number of hydrogen-bond donors (Lipinski definition) is 1. The van der Waals surface area contributed by atoms with Crippen molar-refractivity contribution < 1.29 is 4.39 Å². The van der Waals surface area contributed by atoms with Gasteiger partial charge in [0, 0.05) is 48.5 Å². The molecule has 5 rings (SSSR count). The van der Waals surface area contributed by atoms with Crippen LogP contribution in [0.2, 0.25) is 10.0 Å². The van der Waals surface area contributed by atoms with Gasteiger partial charge in [-0.25, -0.2) is 4.39 Å². The van der Waals surface area contributed by atoms with Crippen molar-refractivity contribution in [3.05, 3.63) is 93.7 Å². The maximum absolute atomic E-state index is 14.3. The normalized spacial score (nSPS) is 21.1. The number of nitrogens with one attached hydrogen (secondary N) is 1. The van der Waals surface area contributed by atoms with E-state index < -0.39 is 0 Å². The fourth-order valence-corrected chi connectivity index (χ4v) is 5.41. The average Bonchev–Trinajstić information content (AvgIpc) is 3.12. The highest BCUT2D eigenvalue weighted by atomic mass is 35.5. The van der Waals surface area contributed by atoms with Crippen molar-refractivity contribution in [2.75, 3.05) is 42.9 Å². The van der Waals surface area contributed by atoms with E-state index in [0.29, 0.717) is 5.69 Å². The van der Waals surface area contributed by atoms with Crippen LogP contribution in [0.25, 0.3) is 0 Å². The summed E-state index contributed by atoms with van der Waals surface area (Å²) in [6.45, 7) is 4.05. The molecule has 0 aliphatic carbocycles. The lowest BCUT2D eigenvalue weighted by Crippen LogP contribution is -2.57. The molecule has 0 aromatic heterocycles. The highest BCUT2D eigenvalue weighted by Gasteiger charge is 2.45. The van der Waals surface area contributed by atoms with Crippen LogP contribution in [0.15, 0.2) is 66.7 Å². The number of anilines is 2. The molecule has 2 heterocycles. The number of benzene rings is 3. The maximum atomic E-state index is 14.3. The zero-order valence-corrected chi connectivity index (χ0v) is 18.6. The van der Waals surface area contributed by atoms with E-state index in [1.165, 1.54) is 17.2 Å². The third-order valence-electron chi connectivity index (χ3n) is 6.52. The van der Waals surface area contributed by atoms with Crippen molar-refractivity contribution in [3.8, 4) is 0 Å². The highest BCUT2D eigenvalue weighted by Crippen LogP contribution is 2.43. The van der Waals surface area contributed by atoms with Crippen LogP contribution in [0.4, 0.5) is 15.8 Å². The molecule has 0 saturated carbocycles. The summed E-state index contributed by atoms with van der Waals surface area (Å²) in [5, 5.41) is 5.06. The van der Waals surface area contributed by atoms with Crippen molar-refractivity contribution in [1.82, 2.24) is 4.90 Å². The Morgan fingerprint density at radius 3 is 2.42 bits per heavy atom. The van der Waals surface area contributed by atoms with Gasteiger partial charge in [-0.05, 0) is 53.9 Å². The first kappa shape index (κ1) is 20.6. The van der Waals surface area contributed by atoms with Crippen LogP contribution in [-0.2, 0) is 12.0 Å². The van der Waals surface area contributed by atoms with Gasteiger partial charge in [-0.1, -0.05) is 53.5 Å². The van der Waals surface area contributed by atoms with Gasteiger partial charge in [0.2, 0.25) is 0 Å². The van der Waals surface area contributed by atoms with Crippen LogP contribution in [0.3, 0.4) is 0 Å². The molecular formula is C25H24Cl2FN3. The van der Waals surface area contributed by atoms with E-state index in [-0.39, 0.29) is 11.4 Å². The zero-order chi connectivity index (χ0) is 21.4. The first-order chi connectivity index (χ1) is 15.0. The number of piperazine rings is 1. The van der Waals surface area contributed by atoms with E-state index in [4.69, 9.17) is 23.2 Å². The molecule has 31 heavy (non-hydrogen) atoms. The lowest BCUT2D eigenvalue weighted by Gasteiger charge is -2.46. The predicted molar refractivity (Wildman–Crippen MR) is 127 cm³/mol. The molecule has 1 atom stereocenters. The van der Waals surface area contributed by atoms with Crippen LogP contribution >= 0.6 is 23.2 Å². The molecule has 0 amide bonds. The molecule has 1 N–H and O–H groups in total. The molecule has 2 aliphatic rings. The molecule has 0 bridgehead atoms. The van der Waals surface area contributed by atoms with Crippen molar-refractivity contribution in [1.29, 1.82) is 0 Å². The highest BCUT2D eigenvalue weighted by molar-refractivity contribution is 6.31. The van der Waals surface area contributed by atoms with Crippen LogP contribution in [0, 0.1) is 5.82 Å². The summed E-state index contributed by atoms with van der Waals surface area (Å²) in [6.07, 6.45) is 0.842.